The topological polar surface area (TPSA) is 46.2 Å². The average molecular weight is 180 g/mol. The number of aliphatic hydroxyl groups excluding tert-OH is 1. The largest absolute Gasteiger partial charge is 0.392 e. The third kappa shape index (κ3) is 3.41. The predicted molar refractivity (Wildman–Crippen MR) is 48.9 cm³/mol. The highest BCUT2D eigenvalue weighted by Crippen LogP contribution is 2.25. The van der Waals surface area contributed by atoms with Gasteiger partial charge in [-0.15, -0.1) is 12.4 Å². The minimum atomic E-state index is -0.236. The van der Waals surface area contributed by atoms with E-state index in [-0.39, 0.29) is 18.5 Å². The lowest BCUT2D eigenvalue weighted by molar-refractivity contribution is 0.0920. The molecule has 0 amide bonds. The summed E-state index contributed by atoms with van der Waals surface area (Å²) in [6, 6.07) is 0. The first-order chi connectivity index (χ1) is 4.84. The van der Waals surface area contributed by atoms with Crippen LogP contribution in [0.4, 0.5) is 0 Å². The smallest absolute Gasteiger partial charge is 0.0690 e. The van der Waals surface area contributed by atoms with Gasteiger partial charge in [-0.25, -0.2) is 0 Å². The number of aliphatic hydroxyl groups is 1. The molecule has 0 saturated heterocycles. The predicted octanol–water partition coefficient (Wildman–Crippen LogP) is 1.31. The summed E-state index contributed by atoms with van der Waals surface area (Å²) in [6.45, 7) is 0.435. The SMILES string of the molecule is Cl.NCC(O)C1CCCCC1. The zero-order chi connectivity index (χ0) is 7.40. The van der Waals surface area contributed by atoms with Gasteiger partial charge in [0, 0.05) is 6.54 Å². The van der Waals surface area contributed by atoms with Crippen LogP contribution in [0.15, 0.2) is 0 Å². The van der Waals surface area contributed by atoms with Crippen LogP contribution in [0, 0.1) is 5.92 Å². The Labute approximate surface area is 74.6 Å². The lowest BCUT2D eigenvalue weighted by atomic mass is 9.85. The van der Waals surface area contributed by atoms with Crippen LogP contribution in [0.25, 0.3) is 0 Å². The number of hydrogen-bond acceptors (Lipinski definition) is 2. The van der Waals surface area contributed by atoms with Crippen LogP contribution in [0.2, 0.25) is 0 Å². The summed E-state index contributed by atoms with van der Waals surface area (Å²) >= 11 is 0. The molecule has 2 nitrogen and oxygen atoms in total. The average Bonchev–Trinajstić information content (AvgIpc) is 2.05. The first kappa shape index (κ1) is 11.2. The van der Waals surface area contributed by atoms with Crippen molar-refractivity contribution in [2.24, 2.45) is 11.7 Å². The Morgan fingerprint density at radius 3 is 2.27 bits per heavy atom. The summed E-state index contributed by atoms with van der Waals surface area (Å²) in [7, 11) is 0. The van der Waals surface area contributed by atoms with E-state index >= 15 is 0 Å². The molecule has 1 atom stereocenters. The van der Waals surface area contributed by atoms with Crippen molar-refractivity contribution in [3.63, 3.8) is 0 Å². The number of nitrogens with two attached hydrogens (primary N) is 1. The fraction of sp³-hybridized carbons (Fsp3) is 1.00. The summed E-state index contributed by atoms with van der Waals surface area (Å²) in [5, 5.41) is 9.36. The Bertz CT molecular complexity index is 94.1. The zero-order valence-electron chi connectivity index (χ0n) is 6.83. The van der Waals surface area contributed by atoms with Crippen molar-refractivity contribution in [1.29, 1.82) is 0 Å². The van der Waals surface area contributed by atoms with Crippen molar-refractivity contribution in [1.82, 2.24) is 0 Å². The Balaban J connectivity index is 0.000001000. The molecule has 68 valence electrons. The lowest BCUT2D eigenvalue weighted by Gasteiger charge is -2.25. The van der Waals surface area contributed by atoms with Crippen molar-refractivity contribution >= 4 is 12.4 Å². The van der Waals surface area contributed by atoms with E-state index in [2.05, 4.69) is 0 Å². The molecule has 0 aromatic heterocycles. The highest BCUT2D eigenvalue weighted by molar-refractivity contribution is 5.85. The van der Waals surface area contributed by atoms with Crippen LogP contribution in [-0.2, 0) is 0 Å². The van der Waals surface area contributed by atoms with Gasteiger partial charge in [-0.05, 0) is 18.8 Å². The van der Waals surface area contributed by atoms with Crippen molar-refractivity contribution < 1.29 is 5.11 Å². The minimum Gasteiger partial charge on any atom is -0.392 e. The quantitative estimate of drug-likeness (QED) is 0.672. The molecule has 1 rings (SSSR count). The van der Waals surface area contributed by atoms with Crippen LogP contribution in [0.1, 0.15) is 32.1 Å². The molecule has 0 heterocycles. The molecule has 0 aliphatic heterocycles. The molecule has 0 bridgehead atoms. The summed E-state index contributed by atoms with van der Waals surface area (Å²) in [5.41, 5.74) is 5.35. The molecule has 1 fully saturated rings. The van der Waals surface area contributed by atoms with E-state index in [9.17, 15) is 5.11 Å². The first-order valence-electron chi connectivity index (χ1n) is 4.22. The van der Waals surface area contributed by atoms with E-state index in [4.69, 9.17) is 5.73 Å². The van der Waals surface area contributed by atoms with E-state index in [1.165, 1.54) is 32.1 Å². The van der Waals surface area contributed by atoms with Gasteiger partial charge < -0.3 is 10.8 Å². The molecule has 3 heteroatoms. The van der Waals surface area contributed by atoms with Crippen LogP contribution in [0.3, 0.4) is 0 Å². The molecule has 1 unspecified atom stereocenters. The Hall–Kier alpha value is 0.210. The van der Waals surface area contributed by atoms with Crippen molar-refractivity contribution in [3.05, 3.63) is 0 Å². The molecular formula is C8H18ClNO. The maximum absolute atomic E-state index is 9.36. The molecule has 11 heavy (non-hydrogen) atoms. The number of rotatable bonds is 2. The van der Waals surface area contributed by atoms with Gasteiger partial charge in [0.1, 0.15) is 0 Å². The van der Waals surface area contributed by atoms with E-state index in [0.717, 1.165) is 0 Å². The van der Waals surface area contributed by atoms with Gasteiger partial charge in [-0.3, -0.25) is 0 Å². The molecule has 0 aromatic rings. The van der Waals surface area contributed by atoms with E-state index in [1.54, 1.807) is 0 Å². The van der Waals surface area contributed by atoms with Gasteiger partial charge >= 0.3 is 0 Å². The standard InChI is InChI=1S/C8H17NO.ClH/c9-6-8(10)7-4-2-1-3-5-7;/h7-8,10H,1-6,9H2;1H. The van der Waals surface area contributed by atoms with Gasteiger partial charge in [0.2, 0.25) is 0 Å². The molecule has 3 N–H and O–H groups in total. The molecule has 1 saturated carbocycles. The molecule has 1 aliphatic carbocycles. The molecule has 0 radical (unpaired) electrons. The fourth-order valence-electron chi connectivity index (χ4n) is 1.71. The normalized spacial score (nSPS) is 22.4. The number of hydrogen-bond donors (Lipinski definition) is 2. The third-order valence-corrected chi connectivity index (χ3v) is 2.44. The zero-order valence-corrected chi connectivity index (χ0v) is 7.65. The summed E-state index contributed by atoms with van der Waals surface area (Å²) < 4.78 is 0. The van der Waals surface area contributed by atoms with E-state index in [0.29, 0.717) is 12.5 Å². The van der Waals surface area contributed by atoms with Crippen molar-refractivity contribution in [3.8, 4) is 0 Å². The highest BCUT2D eigenvalue weighted by Gasteiger charge is 2.19. The Morgan fingerprint density at radius 2 is 1.82 bits per heavy atom. The molecule has 0 aromatic carbocycles. The Kier molecular flexibility index (Phi) is 5.92. The lowest BCUT2D eigenvalue weighted by Crippen LogP contribution is -2.30. The second-order valence-electron chi connectivity index (χ2n) is 3.20. The van der Waals surface area contributed by atoms with Crippen LogP contribution < -0.4 is 5.73 Å². The second-order valence-corrected chi connectivity index (χ2v) is 3.20. The molecule has 0 spiro atoms. The minimum absolute atomic E-state index is 0. The highest BCUT2D eigenvalue weighted by atomic mass is 35.5. The fourth-order valence-corrected chi connectivity index (χ4v) is 1.71. The third-order valence-electron chi connectivity index (χ3n) is 2.44. The van der Waals surface area contributed by atoms with Crippen molar-refractivity contribution in [2.45, 2.75) is 38.2 Å². The van der Waals surface area contributed by atoms with E-state index in [1.807, 2.05) is 0 Å². The number of halogens is 1. The van der Waals surface area contributed by atoms with Gasteiger partial charge in [0.05, 0.1) is 6.10 Å². The summed E-state index contributed by atoms with van der Waals surface area (Å²) in [4.78, 5) is 0. The van der Waals surface area contributed by atoms with Crippen LogP contribution >= 0.6 is 12.4 Å². The van der Waals surface area contributed by atoms with Gasteiger partial charge in [0.15, 0.2) is 0 Å². The van der Waals surface area contributed by atoms with Crippen LogP contribution in [-0.4, -0.2) is 17.8 Å². The molecule has 1 aliphatic rings. The van der Waals surface area contributed by atoms with E-state index < -0.39 is 0 Å². The first-order valence-corrected chi connectivity index (χ1v) is 4.22. The van der Waals surface area contributed by atoms with Gasteiger partial charge in [-0.1, -0.05) is 19.3 Å². The van der Waals surface area contributed by atoms with Gasteiger partial charge in [0.25, 0.3) is 0 Å². The second kappa shape index (κ2) is 5.81. The molecular weight excluding hydrogens is 162 g/mol. The monoisotopic (exact) mass is 179 g/mol. The maximum atomic E-state index is 9.36. The summed E-state index contributed by atoms with van der Waals surface area (Å²) in [5.74, 6) is 0.499. The summed E-state index contributed by atoms with van der Waals surface area (Å²) in [6.07, 6.45) is 6.02. The maximum Gasteiger partial charge on any atom is 0.0690 e. The van der Waals surface area contributed by atoms with Crippen LogP contribution in [0.5, 0.6) is 0 Å². The Morgan fingerprint density at radius 1 is 1.27 bits per heavy atom. The van der Waals surface area contributed by atoms with Crippen molar-refractivity contribution in [2.75, 3.05) is 6.54 Å². The van der Waals surface area contributed by atoms with Gasteiger partial charge in [-0.2, -0.15) is 0 Å².